The van der Waals surface area contributed by atoms with Gasteiger partial charge < -0.3 is 9.80 Å². The van der Waals surface area contributed by atoms with E-state index in [-0.39, 0.29) is 5.65 Å². The molecule has 29 heavy (non-hydrogen) atoms. The van der Waals surface area contributed by atoms with E-state index in [1.807, 2.05) is 35.2 Å². The molecule has 1 aliphatic heterocycles. The first-order chi connectivity index (χ1) is 14.0. The molecule has 0 atom stereocenters. The fourth-order valence-electron chi connectivity index (χ4n) is 3.66. The van der Waals surface area contributed by atoms with E-state index >= 15 is 0 Å². The van der Waals surface area contributed by atoms with Gasteiger partial charge in [-0.15, -0.1) is 15.3 Å². The van der Waals surface area contributed by atoms with E-state index in [2.05, 4.69) is 25.2 Å². The normalized spacial score (nSPS) is 15.4. The molecule has 7 nitrogen and oxygen atoms in total. The first kappa shape index (κ1) is 17.7. The van der Waals surface area contributed by atoms with Crippen LogP contribution in [0, 0.1) is 0 Å². The largest absolute Gasteiger partial charge is 0.453 e. The van der Waals surface area contributed by atoms with Gasteiger partial charge in [0.1, 0.15) is 5.82 Å². The molecular formula is C19H16F3N7. The Hall–Kier alpha value is -3.43. The number of piperazine rings is 1. The third kappa shape index (κ3) is 3.10. The molecule has 0 aliphatic carbocycles. The minimum absolute atomic E-state index is 0.0722. The highest BCUT2D eigenvalue weighted by Crippen LogP contribution is 2.29. The molecule has 5 rings (SSSR count). The lowest BCUT2D eigenvalue weighted by molar-refractivity contribution is -0.146. The Kier molecular flexibility index (Phi) is 4.00. The molecule has 1 aromatic carbocycles. The topological polar surface area (TPSA) is 62.5 Å². The smallest absolute Gasteiger partial charge is 0.367 e. The summed E-state index contributed by atoms with van der Waals surface area (Å²) in [6, 6.07) is 13.2. The maximum Gasteiger partial charge on any atom is 0.453 e. The molecule has 0 amide bonds. The maximum absolute atomic E-state index is 13.1. The van der Waals surface area contributed by atoms with Crippen LogP contribution in [-0.4, -0.2) is 51.0 Å². The highest BCUT2D eigenvalue weighted by molar-refractivity contribution is 5.91. The zero-order valence-electron chi connectivity index (χ0n) is 15.2. The van der Waals surface area contributed by atoms with Gasteiger partial charge in [0, 0.05) is 43.4 Å². The third-order valence-corrected chi connectivity index (χ3v) is 5.07. The summed E-state index contributed by atoms with van der Waals surface area (Å²) >= 11 is 0. The van der Waals surface area contributed by atoms with Gasteiger partial charge in [-0.25, -0.2) is 0 Å². The van der Waals surface area contributed by atoms with Gasteiger partial charge in [-0.1, -0.05) is 18.2 Å². The van der Waals surface area contributed by atoms with Crippen LogP contribution in [0.4, 0.5) is 24.7 Å². The summed E-state index contributed by atoms with van der Waals surface area (Å²) in [5.74, 6) is -0.640. The Balaban J connectivity index is 1.39. The highest BCUT2D eigenvalue weighted by atomic mass is 19.4. The number of rotatable bonds is 2. The molecule has 4 heterocycles. The summed E-state index contributed by atoms with van der Waals surface area (Å²) in [5, 5.41) is 12.0. The van der Waals surface area contributed by atoms with Crippen LogP contribution in [0.5, 0.6) is 0 Å². The molecule has 0 N–H and O–H groups in total. The van der Waals surface area contributed by atoms with Crippen LogP contribution in [0.15, 0.2) is 48.7 Å². The molecule has 1 aliphatic rings. The average molecular weight is 399 g/mol. The summed E-state index contributed by atoms with van der Waals surface area (Å²) in [6.07, 6.45) is -2.81. The van der Waals surface area contributed by atoms with Crippen molar-refractivity contribution in [3.63, 3.8) is 0 Å². The molecule has 0 spiro atoms. The molecule has 1 saturated heterocycles. The average Bonchev–Trinajstić information content (AvgIpc) is 3.17. The number of benzene rings is 1. The van der Waals surface area contributed by atoms with E-state index in [0.717, 1.165) is 34.2 Å². The SMILES string of the molecule is FC(F)(F)c1nnc2ccc(N3CCN(c4ccnc5ccccc45)CC3)nn12. The van der Waals surface area contributed by atoms with Crippen molar-refractivity contribution in [1.82, 2.24) is 24.8 Å². The molecule has 0 radical (unpaired) electrons. The van der Waals surface area contributed by atoms with E-state index in [9.17, 15) is 13.2 Å². The Bertz CT molecular complexity index is 1170. The van der Waals surface area contributed by atoms with Gasteiger partial charge in [-0.2, -0.15) is 17.7 Å². The molecule has 0 unspecified atom stereocenters. The number of hydrogen-bond acceptors (Lipinski definition) is 6. The van der Waals surface area contributed by atoms with Gasteiger partial charge in [-0.3, -0.25) is 4.98 Å². The second kappa shape index (κ2) is 6.57. The Morgan fingerprint density at radius 1 is 0.828 bits per heavy atom. The van der Waals surface area contributed by atoms with Gasteiger partial charge in [0.15, 0.2) is 5.65 Å². The van der Waals surface area contributed by atoms with Gasteiger partial charge in [0.2, 0.25) is 0 Å². The Morgan fingerprint density at radius 3 is 2.38 bits per heavy atom. The molecule has 0 bridgehead atoms. The first-order valence-corrected chi connectivity index (χ1v) is 9.14. The first-order valence-electron chi connectivity index (χ1n) is 9.14. The molecule has 1 fully saturated rings. The quantitative estimate of drug-likeness (QED) is 0.516. The van der Waals surface area contributed by atoms with Crippen LogP contribution in [0.2, 0.25) is 0 Å². The number of para-hydroxylation sites is 1. The molecular weight excluding hydrogens is 383 g/mol. The minimum atomic E-state index is -4.61. The second-order valence-corrected chi connectivity index (χ2v) is 6.80. The minimum Gasteiger partial charge on any atom is -0.367 e. The van der Waals surface area contributed by atoms with Crippen molar-refractivity contribution in [2.75, 3.05) is 36.0 Å². The monoisotopic (exact) mass is 399 g/mol. The molecule has 3 aromatic heterocycles. The lowest BCUT2D eigenvalue weighted by Crippen LogP contribution is -2.47. The number of alkyl halides is 3. The van der Waals surface area contributed by atoms with Crippen LogP contribution in [0.3, 0.4) is 0 Å². The van der Waals surface area contributed by atoms with Crippen molar-refractivity contribution >= 4 is 28.1 Å². The highest BCUT2D eigenvalue weighted by Gasteiger charge is 2.37. The number of aromatic nitrogens is 5. The van der Waals surface area contributed by atoms with E-state index in [1.54, 1.807) is 12.3 Å². The van der Waals surface area contributed by atoms with Crippen molar-refractivity contribution in [3.05, 3.63) is 54.5 Å². The predicted molar refractivity (Wildman–Crippen MR) is 102 cm³/mol. The van der Waals surface area contributed by atoms with E-state index in [0.29, 0.717) is 18.9 Å². The van der Waals surface area contributed by atoms with E-state index in [1.165, 1.54) is 6.07 Å². The molecule has 10 heteroatoms. The van der Waals surface area contributed by atoms with Crippen molar-refractivity contribution in [2.45, 2.75) is 6.18 Å². The Labute approximate surface area is 163 Å². The van der Waals surface area contributed by atoms with Crippen molar-refractivity contribution in [3.8, 4) is 0 Å². The summed E-state index contributed by atoms with van der Waals surface area (Å²) in [7, 11) is 0. The second-order valence-electron chi connectivity index (χ2n) is 6.80. The summed E-state index contributed by atoms with van der Waals surface area (Å²) < 4.78 is 40.1. The number of nitrogens with zero attached hydrogens (tertiary/aromatic N) is 7. The predicted octanol–water partition coefficient (Wildman–Crippen LogP) is 3.02. The molecule has 0 saturated carbocycles. The Morgan fingerprint density at radius 2 is 1.59 bits per heavy atom. The standard InChI is InChI=1S/C19H16F3N7/c20-19(21,22)18-25-24-16-5-6-17(26-29(16)18)28-11-9-27(10-12-28)15-7-8-23-14-4-2-1-3-13(14)15/h1-8H,9-12H2. The van der Waals surface area contributed by atoms with Gasteiger partial charge in [0.05, 0.1) is 5.52 Å². The zero-order valence-corrected chi connectivity index (χ0v) is 15.2. The van der Waals surface area contributed by atoms with Gasteiger partial charge >= 0.3 is 6.18 Å². The fraction of sp³-hybridized carbons (Fsp3) is 0.263. The summed E-state index contributed by atoms with van der Waals surface area (Å²) in [6.45, 7) is 2.72. The van der Waals surface area contributed by atoms with Crippen LogP contribution in [0.1, 0.15) is 5.82 Å². The van der Waals surface area contributed by atoms with Crippen molar-refractivity contribution < 1.29 is 13.2 Å². The number of halogens is 3. The number of hydrogen-bond donors (Lipinski definition) is 0. The van der Waals surface area contributed by atoms with Crippen LogP contribution >= 0.6 is 0 Å². The summed E-state index contributed by atoms with van der Waals surface area (Å²) in [5.41, 5.74) is 2.12. The molecule has 4 aromatic rings. The lowest BCUT2D eigenvalue weighted by atomic mass is 10.1. The van der Waals surface area contributed by atoms with Gasteiger partial charge in [0.25, 0.3) is 5.82 Å². The fourth-order valence-corrected chi connectivity index (χ4v) is 3.66. The number of anilines is 2. The van der Waals surface area contributed by atoms with Crippen LogP contribution in [-0.2, 0) is 6.18 Å². The van der Waals surface area contributed by atoms with Crippen LogP contribution < -0.4 is 9.80 Å². The van der Waals surface area contributed by atoms with Crippen molar-refractivity contribution in [1.29, 1.82) is 0 Å². The number of pyridine rings is 1. The van der Waals surface area contributed by atoms with Crippen LogP contribution in [0.25, 0.3) is 16.6 Å². The third-order valence-electron chi connectivity index (χ3n) is 5.07. The van der Waals surface area contributed by atoms with Crippen molar-refractivity contribution in [2.24, 2.45) is 0 Å². The zero-order chi connectivity index (χ0) is 20.0. The lowest BCUT2D eigenvalue weighted by Gasteiger charge is -2.37. The van der Waals surface area contributed by atoms with E-state index in [4.69, 9.17) is 0 Å². The van der Waals surface area contributed by atoms with E-state index < -0.39 is 12.0 Å². The maximum atomic E-state index is 13.1. The molecule has 148 valence electrons. The van der Waals surface area contributed by atoms with Gasteiger partial charge in [-0.05, 0) is 24.3 Å². The summed E-state index contributed by atoms with van der Waals surface area (Å²) in [4.78, 5) is 8.63. The number of fused-ring (bicyclic) bond motifs is 2.